The van der Waals surface area contributed by atoms with Crippen molar-refractivity contribution in [2.24, 2.45) is 23.8 Å². The van der Waals surface area contributed by atoms with Gasteiger partial charge in [0.15, 0.2) is 0 Å². The van der Waals surface area contributed by atoms with Crippen LogP contribution in [0.3, 0.4) is 0 Å². The molecule has 134 valence electrons. The van der Waals surface area contributed by atoms with E-state index in [1.165, 1.54) is 0 Å². The van der Waals surface area contributed by atoms with Crippen molar-refractivity contribution >= 4 is 22.5 Å². The van der Waals surface area contributed by atoms with Crippen LogP contribution >= 0.6 is 0 Å². The number of nitrogens with one attached hydrogen (secondary N) is 1. The normalized spacial score (nSPS) is 18.0. The highest BCUT2D eigenvalue weighted by Gasteiger charge is 2.68. The number of aromatic nitrogens is 3. The highest BCUT2D eigenvalue weighted by molar-refractivity contribution is 5.97. The van der Waals surface area contributed by atoms with Gasteiger partial charge in [-0.05, 0) is 28.3 Å². The molecular formula is C21H24N4O. The van der Waals surface area contributed by atoms with Gasteiger partial charge < -0.3 is 9.88 Å². The molecule has 5 nitrogen and oxygen atoms in total. The van der Waals surface area contributed by atoms with Crippen LogP contribution in [0.4, 0.5) is 5.82 Å². The summed E-state index contributed by atoms with van der Waals surface area (Å²) in [4.78, 5) is 21.3. The number of hydrogen-bond acceptors (Lipinski definition) is 3. The van der Waals surface area contributed by atoms with Crippen LogP contribution < -0.4 is 5.32 Å². The summed E-state index contributed by atoms with van der Waals surface area (Å²) in [6, 6.07) is 8.15. The molecule has 0 unspecified atom stereocenters. The Morgan fingerprint density at radius 3 is 2.42 bits per heavy atom. The van der Waals surface area contributed by atoms with Crippen molar-refractivity contribution in [2.45, 2.75) is 27.7 Å². The summed E-state index contributed by atoms with van der Waals surface area (Å²) >= 11 is 0. The van der Waals surface area contributed by atoms with E-state index >= 15 is 0 Å². The number of pyridine rings is 1. The van der Waals surface area contributed by atoms with Gasteiger partial charge in [0, 0.05) is 30.1 Å². The fraction of sp³-hybridized carbons (Fsp3) is 0.381. The Morgan fingerprint density at radius 1 is 1.08 bits per heavy atom. The van der Waals surface area contributed by atoms with Crippen molar-refractivity contribution in [3.05, 3.63) is 43.0 Å². The van der Waals surface area contributed by atoms with E-state index in [1.807, 2.05) is 29.9 Å². The Hall–Kier alpha value is -2.69. The van der Waals surface area contributed by atoms with E-state index in [0.29, 0.717) is 5.82 Å². The van der Waals surface area contributed by atoms with Crippen molar-refractivity contribution in [1.29, 1.82) is 0 Å². The maximum atomic E-state index is 12.7. The van der Waals surface area contributed by atoms with Crippen LogP contribution in [0, 0.1) is 16.7 Å². The summed E-state index contributed by atoms with van der Waals surface area (Å²) in [5.74, 6) is 0.658. The topological polar surface area (TPSA) is 59.8 Å². The Balaban J connectivity index is 1.63. The van der Waals surface area contributed by atoms with Gasteiger partial charge in [-0.25, -0.2) is 9.97 Å². The molecule has 0 aliphatic heterocycles. The minimum absolute atomic E-state index is 0.00766. The van der Waals surface area contributed by atoms with Gasteiger partial charge >= 0.3 is 0 Å². The van der Waals surface area contributed by atoms with Gasteiger partial charge in [-0.15, -0.1) is 0 Å². The van der Waals surface area contributed by atoms with Gasteiger partial charge in [0.2, 0.25) is 5.91 Å². The Labute approximate surface area is 153 Å². The molecule has 1 fully saturated rings. The monoisotopic (exact) mass is 348 g/mol. The number of rotatable bonds is 3. The van der Waals surface area contributed by atoms with Crippen LogP contribution in [0.15, 0.2) is 43.0 Å². The lowest BCUT2D eigenvalue weighted by Crippen LogP contribution is -2.18. The molecule has 26 heavy (non-hydrogen) atoms. The van der Waals surface area contributed by atoms with E-state index in [4.69, 9.17) is 0 Å². The maximum Gasteiger partial charge on any atom is 0.229 e. The summed E-state index contributed by atoms with van der Waals surface area (Å²) in [6.07, 6.45) is 5.44. The standard InChI is InChI=1S/C21H24N4O/c1-20(2)18(21(20,3)4)19(26)24-17-9-15-8-13(6-7-14(15)10-23-17)16-11-22-12-25(16)5/h6-12,18H,1-5H3,(H,23,24,26). The van der Waals surface area contributed by atoms with Gasteiger partial charge in [-0.1, -0.05) is 39.8 Å². The molecule has 0 bridgehead atoms. The Kier molecular flexibility index (Phi) is 3.48. The van der Waals surface area contributed by atoms with E-state index in [2.05, 4.69) is 55.1 Å². The van der Waals surface area contributed by atoms with Crippen molar-refractivity contribution < 1.29 is 4.79 Å². The van der Waals surface area contributed by atoms with Crippen LogP contribution in [0.2, 0.25) is 0 Å². The second kappa shape index (κ2) is 5.40. The van der Waals surface area contributed by atoms with Gasteiger partial charge in [0.05, 0.1) is 18.2 Å². The van der Waals surface area contributed by atoms with Crippen molar-refractivity contribution in [2.75, 3.05) is 5.32 Å². The summed E-state index contributed by atoms with van der Waals surface area (Å²) in [6.45, 7) is 8.58. The largest absolute Gasteiger partial charge is 0.334 e. The number of carbonyl (C=O) groups excluding carboxylic acids is 1. The molecule has 1 aromatic carbocycles. The average Bonchev–Trinajstić information content (AvgIpc) is 2.86. The first-order valence-corrected chi connectivity index (χ1v) is 8.89. The van der Waals surface area contributed by atoms with Gasteiger partial charge in [0.25, 0.3) is 0 Å². The zero-order valence-corrected chi connectivity index (χ0v) is 15.9. The van der Waals surface area contributed by atoms with E-state index in [1.54, 1.807) is 12.5 Å². The minimum atomic E-state index is 0.00766. The van der Waals surface area contributed by atoms with E-state index < -0.39 is 0 Å². The molecular weight excluding hydrogens is 324 g/mol. The van der Waals surface area contributed by atoms with Gasteiger partial charge in [0.1, 0.15) is 5.82 Å². The number of fused-ring (bicyclic) bond motifs is 1. The molecule has 4 rings (SSSR count). The lowest BCUT2D eigenvalue weighted by Gasteiger charge is -2.08. The number of imidazole rings is 1. The number of nitrogens with zero attached hydrogens (tertiary/aromatic N) is 3. The molecule has 1 saturated carbocycles. The molecule has 2 heterocycles. The third-order valence-electron chi connectivity index (χ3n) is 6.37. The van der Waals surface area contributed by atoms with Gasteiger partial charge in [-0.2, -0.15) is 0 Å². The van der Waals surface area contributed by atoms with Crippen LogP contribution in [0.25, 0.3) is 22.0 Å². The lowest BCUT2D eigenvalue weighted by atomic mass is 10.0. The molecule has 0 atom stereocenters. The van der Waals surface area contributed by atoms with Crippen LogP contribution in [0.5, 0.6) is 0 Å². The highest BCUT2D eigenvalue weighted by Crippen LogP contribution is 2.68. The number of hydrogen-bond donors (Lipinski definition) is 1. The van der Waals surface area contributed by atoms with Crippen LogP contribution in [-0.2, 0) is 11.8 Å². The second-order valence-corrected chi connectivity index (χ2v) is 8.39. The average molecular weight is 348 g/mol. The summed E-state index contributed by atoms with van der Waals surface area (Å²) in [5, 5.41) is 5.09. The SMILES string of the molecule is Cn1cncc1-c1ccc2cnc(NC(=O)C3C(C)(C)C3(C)C)cc2c1. The zero-order valence-electron chi connectivity index (χ0n) is 15.9. The highest BCUT2D eigenvalue weighted by atomic mass is 16.2. The van der Waals surface area contributed by atoms with Gasteiger partial charge in [-0.3, -0.25) is 4.79 Å². The first-order valence-electron chi connectivity index (χ1n) is 8.89. The lowest BCUT2D eigenvalue weighted by molar-refractivity contribution is -0.118. The number of carbonyl (C=O) groups is 1. The van der Waals surface area contributed by atoms with Crippen molar-refractivity contribution in [1.82, 2.24) is 14.5 Å². The van der Waals surface area contributed by atoms with Crippen LogP contribution in [-0.4, -0.2) is 20.4 Å². The van der Waals surface area contributed by atoms with Crippen molar-refractivity contribution in [3.63, 3.8) is 0 Å². The van der Waals surface area contributed by atoms with Crippen molar-refractivity contribution in [3.8, 4) is 11.3 Å². The molecule has 0 saturated heterocycles. The molecule has 1 N–H and O–H groups in total. The third-order valence-corrected chi connectivity index (χ3v) is 6.37. The van der Waals surface area contributed by atoms with E-state index in [-0.39, 0.29) is 22.7 Å². The number of aryl methyl sites for hydroxylation is 1. The Morgan fingerprint density at radius 2 is 1.81 bits per heavy atom. The zero-order chi connectivity index (χ0) is 18.7. The summed E-state index contributed by atoms with van der Waals surface area (Å²) in [5.41, 5.74) is 2.17. The number of amides is 1. The molecule has 1 aliphatic carbocycles. The second-order valence-electron chi connectivity index (χ2n) is 8.39. The summed E-state index contributed by atoms with van der Waals surface area (Å²) in [7, 11) is 1.98. The fourth-order valence-electron chi connectivity index (χ4n) is 4.05. The first kappa shape index (κ1) is 16.8. The number of anilines is 1. The minimum Gasteiger partial charge on any atom is -0.334 e. The third kappa shape index (κ3) is 2.42. The molecule has 2 aromatic heterocycles. The first-order chi connectivity index (χ1) is 12.2. The molecule has 1 aliphatic rings. The molecule has 5 heteroatoms. The van der Waals surface area contributed by atoms with E-state index in [0.717, 1.165) is 22.0 Å². The quantitative estimate of drug-likeness (QED) is 0.769. The van der Waals surface area contributed by atoms with E-state index in [9.17, 15) is 4.79 Å². The maximum absolute atomic E-state index is 12.7. The molecule has 0 radical (unpaired) electrons. The number of benzene rings is 1. The predicted molar refractivity (Wildman–Crippen MR) is 104 cm³/mol. The smallest absolute Gasteiger partial charge is 0.229 e. The predicted octanol–water partition coefficient (Wildman–Crippen LogP) is 4.26. The molecule has 1 amide bonds. The summed E-state index contributed by atoms with van der Waals surface area (Å²) < 4.78 is 1.99. The fourth-order valence-corrected chi connectivity index (χ4v) is 4.05. The molecule has 0 spiro atoms. The van der Waals surface area contributed by atoms with Crippen LogP contribution in [0.1, 0.15) is 27.7 Å². The molecule has 3 aromatic rings. The Bertz CT molecular complexity index is 1000.